The molecule has 0 saturated carbocycles. The van der Waals surface area contributed by atoms with E-state index in [-0.39, 0.29) is 19.6 Å². The zero-order valence-electron chi connectivity index (χ0n) is 20.3. The molecule has 0 aliphatic carbocycles. The first-order chi connectivity index (χ1) is 18.2. The highest BCUT2D eigenvalue weighted by Gasteiger charge is 2.37. The Kier molecular flexibility index (Phi) is 7.81. The maximum Gasteiger partial charge on any atom is 0.419 e. The molecule has 2 amide bonds. The summed E-state index contributed by atoms with van der Waals surface area (Å²) in [6.07, 6.45) is -3.00. The van der Waals surface area contributed by atoms with E-state index in [9.17, 15) is 27.6 Å². The average molecular weight is 525 g/mol. The number of hydrogen-bond acceptors (Lipinski definition) is 3. The van der Waals surface area contributed by atoms with Crippen LogP contribution in [0.1, 0.15) is 22.7 Å². The molecule has 3 aromatic carbocycles. The van der Waals surface area contributed by atoms with Crippen molar-refractivity contribution in [2.75, 3.05) is 25.0 Å². The van der Waals surface area contributed by atoms with Gasteiger partial charge in [-0.1, -0.05) is 54.6 Å². The van der Waals surface area contributed by atoms with Gasteiger partial charge in [0.25, 0.3) is 0 Å². The Morgan fingerprint density at radius 3 is 2.42 bits per heavy atom. The largest absolute Gasteiger partial charge is 0.419 e. The second-order valence-corrected chi connectivity index (χ2v) is 8.62. The molecule has 1 atom stereocenters. The molecule has 4 rings (SSSR count). The van der Waals surface area contributed by atoms with Crippen molar-refractivity contribution in [3.05, 3.63) is 95.3 Å². The van der Waals surface area contributed by atoms with E-state index < -0.39 is 35.3 Å². The van der Waals surface area contributed by atoms with Crippen LogP contribution in [0.5, 0.6) is 0 Å². The molecule has 1 unspecified atom stereocenters. The predicted molar refractivity (Wildman–Crippen MR) is 135 cm³/mol. The smallest absolute Gasteiger partial charge is 0.338 e. The van der Waals surface area contributed by atoms with Gasteiger partial charge in [0.1, 0.15) is 0 Å². The fraction of sp³-hybridized carbons (Fsp3) is 0.222. The number of carbonyl (C=O) groups excluding carboxylic acids is 1. The first-order valence-corrected chi connectivity index (χ1v) is 11.7. The summed E-state index contributed by atoms with van der Waals surface area (Å²) in [5.41, 5.74) is 0.308. The number of rotatable bonds is 3. The van der Waals surface area contributed by atoms with Crippen LogP contribution in [-0.4, -0.2) is 41.4 Å². The summed E-state index contributed by atoms with van der Waals surface area (Å²) in [6, 6.07) is 17.9. The Hall–Kier alpha value is -4.59. The third-order valence-electron chi connectivity index (χ3n) is 6.18. The minimum Gasteiger partial charge on any atom is -0.338 e. The fourth-order valence-electron chi connectivity index (χ4n) is 4.24. The number of aryl methyl sites for hydroxylation is 1. The van der Waals surface area contributed by atoms with Gasteiger partial charge in [0, 0.05) is 19.6 Å². The number of nitrogens with one attached hydrogen (secondary N) is 2. The zero-order valence-corrected chi connectivity index (χ0v) is 20.3. The summed E-state index contributed by atoms with van der Waals surface area (Å²) in [7, 11) is 0. The van der Waals surface area contributed by atoms with Crippen LogP contribution in [0.25, 0.3) is 0 Å². The van der Waals surface area contributed by atoms with E-state index in [1.807, 2.05) is 60.5 Å². The molecule has 11 heteroatoms. The number of anilines is 1. The summed E-state index contributed by atoms with van der Waals surface area (Å²) in [6.45, 7) is 2.51. The minimum absolute atomic E-state index is 0.131. The second kappa shape index (κ2) is 11.2. The van der Waals surface area contributed by atoms with Crippen LogP contribution in [0.4, 0.5) is 33.7 Å². The molecule has 1 saturated heterocycles. The van der Waals surface area contributed by atoms with Crippen molar-refractivity contribution in [1.29, 1.82) is 5.26 Å². The van der Waals surface area contributed by atoms with Crippen molar-refractivity contribution in [2.24, 2.45) is 4.99 Å². The van der Waals surface area contributed by atoms with Gasteiger partial charge in [0.15, 0.2) is 12.0 Å². The third kappa shape index (κ3) is 5.86. The number of halogens is 4. The average Bonchev–Trinajstić information content (AvgIpc) is 2.90. The van der Waals surface area contributed by atoms with Gasteiger partial charge >= 0.3 is 12.2 Å². The number of carbonyl (C=O) groups is 1. The van der Waals surface area contributed by atoms with Crippen molar-refractivity contribution < 1.29 is 22.4 Å². The molecular weight excluding hydrogens is 500 g/mol. The lowest BCUT2D eigenvalue weighted by atomic mass is 10.0. The number of guanidine groups is 1. The topological polar surface area (TPSA) is 83.8 Å². The molecular formula is C27H24F4N6O. The molecule has 196 valence electrons. The molecule has 1 aliphatic rings. The maximum absolute atomic E-state index is 14.6. The number of nitrogens with zero attached hydrogens (tertiary/aromatic N) is 4. The molecule has 0 aromatic heterocycles. The first kappa shape index (κ1) is 26.5. The van der Waals surface area contributed by atoms with Crippen LogP contribution in [0.15, 0.2) is 77.8 Å². The van der Waals surface area contributed by atoms with E-state index in [2.05, 4.69) is 15.6 Å². The summed E-state index contributed by atoms with van der Waals surface area (Å²) in [5.74, 6) is -1.25. The molecule has 2 N–H and O–H groups in total. The van der Waals surface area contributed by atoms with E-state index in [0.29, 0.717) is 17.7 Å². The van der Waals surface area contributed by atoms with Crippen LogP contribution in [0, 0.1) is 24.2 Å². The number of piperazine rings is 1. The van der Waals surface area contributed by atoms with Gasteiger partial charge < -0.3 is 15.1 Å². The molecule has 3 aromatic rings. The van der Waals surface area contributed by atoms with Gasteiger partial charge in [0.2, 0.25) is 5.96 Å². The lowest BCUT2D eigenvalue weighted by Crippen LogP contribution is -2.55. The molecule has 1 fully saturated rings. The number of amides is 2. The highest BCUT2D eigenvalue weighted by molar-refractivity contribution is 5.90. The molecule has 0 radical (unpaired) electrons. The van der Waals surface area contributed by atoms with E-state index in [1.54, 1.807) is 12.1 Å². The zero-order chi connectivity index (χ0) is 27.3. The lowest BCUT2D eigenvalue weighted by molar-refractivity contribution is -0.139. The molecule has 0 bridgehead atoms. The Balaban J connectivity index is 1.63. The molecule has 1 aliphatic heterocycles. The molecule has 1 heterocycles. The SMILES string of the molecule is Cc1ccccc1N=C(NC#N)N1CCN(C(=O)Nc2cccc(C(F)(F)F)c2F)C(c2ccccc2)C1. The van der Waals surface area contributed by atoms with Crippen LogP contribution in [0.2, 0.25) is 0 Å². The summed E-state index contributed by atoms with van der Waals surface area (Å²) in [5, 5.41) is 14.3. The number of urea groups is 1. The Bertz CT molecular complexity index is 1370. The second-order valence-electron chi connectivity index (χ2n) is 8.62. The number of benzene rings is 3. The Morgan fingerprint density at radius 1 is 1.03 bits per heavy atom. The Morgan fingerprint density at radius 2 is 1.74 bits per heavy atom. The number of hydrogen-bond donors (Lipinski definition) is 2. The molecule has 0 spiro atoms. The summed E-state index contributed by atoms with van der Waals surface area (Å²) >= 11 is 0. The highest BCUT2D eigenvalue weighted by atomic mass is 19.4. The van der Waals surface area contributed by atoms with E-state index in [0.717, 1.165) is 23.3 Å². The number of aliphatic imine (C=N–C) groups is 1. The molecule has 7 nitrogen and oxygen atoms in total. The van der Waals surface area contributed by atoms with Gasteiger partial charge in [0.05, 0.1) is 23.0 Å². The van der Waals surface area contributed by atoms with Crippen molar-refractivity contribution in [1.82, 2.24) is 15.1 Å². The highest BCUT2D eigenvalue weighted by Crippen LogP contribution is 2.34. The van der Waals surface area contributed by atoms with Gasteiger partial charge in [-0.05, 0) is 36.2 Å². The van der Waals surface area contributed by atoms with Crippen molar-refractivity contribution >= 4 is 23.4 Å². The van der Waals surface area contributed by atoms with E-state index >= 15 is 0 Å². The monoisotopic (exact) mass is 524 g/mol. The number of nitriles is 1. The van der Waals surface area contributed by atoms with Gasteiger partial charge in [-0.3, -0.25) is 5.32 Å². The van der Waals surface area contributed by atoms with Crippen LogP contribution < -0.4 is 10.6 Å². The predicted octanol–water partition coefficient (Wildman–Crippen LogP) is 5.80. The van der Waals surface area contributed by atoms with E-state index in [4.69, 9.17) is 0 Å². The fourth-order valence-corrected chi connectivity index (χ4v) is 4.24. The van der Waals surface area contributed by atoms with Gasteiger partial charge in [-0.25, -0.2) is 14.2 Å². The van der Waals surface area contributed by atoms with Crippen LogP contribution in [-0.2, 0) is 6.18 Å². The molecule has 38 heavy (non-hydrogen) atoms. The first-order valence-electron chi connectivity index (χ1n) is 11.7. The quantitative estimate of drug-likeness (QED) is 0.149. The van der Waals surface area contributed by atoms with Gasteiger partial charge in [-0.2, -0.15) is 18.4 Å². The third-order valence-corrected chi connectivity index (χ3v) is 6.18. The number of alkyl halides is 3. The normalized spacial score (nSPS) is 16.1. The van der Waals surface area contributed by atoms with Crippen LogP contribution in [0.3, 0.4) is 0 Å². The van der Waals surface area contributed by atoms with E-state index in [1.165, 1.54) is 4.90 Å². The van der Waals surface area contributed by atoms with Crippen LogP contribution >= 0.6 is 0 Å². The Labute approximate surface area is 217 Å². The maximum atomic E-state index is 14.6. The summed E-state index contributed by atoms with van der Waals surface area (Å²) in [4.78, 5) is 21.1. The standard InChI is InChI=1S/C27H24F4N6O/c1-18-8-5-6-12-21(18)34-25(33-17-32)36-14-15-37(23(16-36)19-9-3-2-4-10-19)26(38)35-22-13-7-11-20(24(22)28)27(29,30)31/h2-13,23H,14-16H2,1H3,(H,33,34)(H,35,38). The minimum atomic E-state index is -4.90. The van der Waals surface area contributed by atoms with Crippen molar-refractivity contribution in [3.63, 3.8) is 0 Å². The lowest BCUT2D eigenvalue weighted by Gasteiger charge is -2.42. The van der Waals surface area contributed by atoms with Crippen molar-refractivity contribution in [3.8, 4) is 6.19 Å². The number of para-hydroxylation sites is 1. The summed E-state index contributed by atoms with van der Waals surface area (Å²) < 4.78 is 54.1. The van der Waals surface area contributed by atoms with Crippen molar-refractivity contribution in [2.45, 2.75) is 19.1 Å². The van der Waals surface area contributed by atoms with Gasteiger partial charge in [-0.15, -0.1) is 0 Å².